The van der Waals surface area contributed by atoms with Crippen molar-refractivity contribution >= 4 is 11.6 Å². The molecule has 2 aliphatic heterocycles. The first-order valence-corrected chi connectivity index (χ1v) is 8.88. The molecule has 5 nitrogen and oxygen atoms in total. The molecule has 0 radical (unpaired) electrons. The highest BCUT2D eigenvalue weighted by molar-refractivity contribution is 6.01. The minimum Gasteiger partial charge on any atom is -0.317 e. The van der Waals surface area contributed by atoms with Gasteiger partial charge in [0.15, 0.2) is 0 Å². The molecule has 124 valence electrons. The molecular formula is C19H22N4O. The topological polar surface area (TPSA) is 50.2 Å². The van der Waals surface area contributed by atoms with Crippen molar-refractivity contribution in [2.45, 2.75) is 36.6 Å². The highest BCUT2D eigenvalue weighted by atomic mass is 16.2. The summed E-state index contributed by atoms with van der Waals surface area (Å²) in [5.41, 5.74) is 2.15. The van der Waals surface area contributed by atoms with Gasteiger partial charge in [-0.3, -0.25) is 9.48 Å². The largest absolute Gasteiger partial charge is 0.317 e. The van der Waals surface area contributed by atoms with Gasteiger partial charge in [0.05, 0.1) is 0 Å². The zero-order valence-electron chi connectivity index (χ0n) is 13.7. The Bertz CT molecular complexity index is 772. The average Bonchev–Trinajstić information content (AvgIpc) is 3.07. The fourth-order valence-electron chi connectivity index (χ4n) is 4.54. The van der Waals surface area contributed by atoms with Gasteiger partial charge in [0.1, 0.15) is 5.54 Å². The van der Waals surface area contributed by atoms with Crippen LogP contribution in [-0.2, 0) is 15.7 Å². The molecule has 1 aromatic carbocycles. The van der Waals surface area contributed by atoms with Gasteiger partial charge in [-0.1, -0.05) is 18.2 Å². The molecule has 2 fully saturated rings. The van der Waals surface area contributed by atoms with E-state index in [0.717, 1.165) is 38.2 Å². The third-order valence-corrected chi connectivity index (χ3v) is 6.10. The molecule has 1 aromatic heterocycles. The maximum absolute atomic E-state index is 13.7. The number of benzene rings is 1. The van der Waals surface area contributed by atoms with Crippen LogP contribution < -0.4 is 10.2 Å². The van der Waals surface area contributed by atoms with E-state index in [4.69, 9.17) is 0 Å². The summed E-state index contributed by atoms with van der Waals surface area (Å²) in [7, 11) is 0. The van der Waals surface area contributed by atoms with Crippen LogP contribution in [-0.4, -0.2) is 35.3 Å². The lowest BCUT2D eigenvalue weighted by Crippen LogP contribution is -2.56. The molecule has 1 saturated heterocycles. The van der Waals surface area contributed by atoms with E-state index in [-0.39, 0.29) is 11.3 Å². The van der Waals surface area contributed by atoms with Crippen LogP contribution in [0.25, 0.3) is 0 Å². The number of anilines is 1. The summed E-state index contributed by atoms with van der Waals surface area (Å²) in [6.07, 6.45) is 7.70. The van der Waals surface area contributed by atoms with Gasteiger partial charge in [-0.05, 0) is 56.5 Å². The number of para-hydroxylation sites is 1. The number of fused-ring (bicyclic) bond motifs is 2. The second-order valence-corrected chi connectivity index (χ2v) is 7.42. The Kier molecular flexibility index (Phi) is 2.92. The van der Waals surface area contributed by atoms with E-state index in [9.17, 15) is 4.79 Å². The highest BCUT2D eigenvalue weighted by Crippen LogP contribution is 2.57. The molecule has 5 heteroatoms. The molecule has 1 spiro atoms. The first-order chi connectivity index (χ1) is 11.8. The van der Waals surface area contributed by atoms with E-state index in [1.54, 1.807) is 6.20 Å². The SMILES string of the molecule is O=C(N1CC2(CC2)c2ccccc21)C1(n2cccn2)CCNCC1. The molecule has 3 heterocycles. The lowest BCUT2D eigenvalue weighted by atomic mass is 9.86. The Morgan fingerprint density at radius 3 is 2.58 bits per heavy atom. The van der Waals surface area contributed by atoms with Crippen LogP contribution in [0.5, 0.6) is 0 Å². The number of piperidine rings is 1. The smallest absolute Gasteiger partial charge is 0.255 e. The van der Waals surface area contributed by atoms with Crippen LogP contribution in [0.2, 0.25) is 0 Å². The minimum atomic E-state index is -0.553. The molecule has 0 bridgehead atoms. The van der Waals surface area contributed by atoms with Crippen LogP contribution in [0.4, 0.5) is 5.69 Å². The third-order valence-electron chi connectivity index (χ3n) is 6.10. The Morgan fingerprint density at radius 2 is 1.88 bits per heavy atom. The van der Waals surface area contributed by atoms with Gasteiger partial charge in [-0.25, -0.2) is 0 Å². The van der Waals surface area contributed by atoms with Gasteiger partial charge < -0.3 is 10.2 Å². The number of aromatic nitrogens is 2. The van der Waals surface area contributed by atoms with E-state index in [1.807, 2.05) is 23.0 Å². The van der Waals surface area contributed by atoms with Crippen molar-refractivity contribution in [3.63, 3.8) is 0 Å². The Morgan fingerprint density at radius 1 is 1.08 bits per heavy atom. The second kappa shape index (κ2) is 4.93. The van der Waals surface area contributed by atoms with Crippen molar-refractivity contribution in [3.05, 3.63) is 48.3 Å². The zero-order valence-corrected chi connectivity index (χ0v) is 13.7. The number of hydrogen-bond acceptors (Lipinski definition) is 3. The summed E-state index contributed by atoms with van der Waals surface area (Å²) in [5, 5.41) is 7.84. The first-order valence-electron chi connectivity index (χ1n) is 8.88. The normalized spacial score (nSPS) is 23.2. The molecule has 1 amide bonds. The fourth-order valence-corrected chi connectivity index (χ4v) is 4.54. The molecule has 2 aromatic rings. The predicted molar refractivity (Wildman–Crippen MR) is 92.0 cm³/mol. The zero-order chi connectivity index (χ0) is 16.2. The van der Waals surface area contributed by atoms with Gasteiger partial charge in [0.2, 0.25) is 0 Å². The third kappa shape index (κ3) is 1.85. The Balaban J connectivity index is 1.58. The minimum absolute atomic E-state index is 0.212. The van der Waals surface area contributed by atoms with Crippen molar-refractivity contribution in [1.82, 2.24) is 15.1 Å². The monoisotopic (exact) mass is 322 g/mol. The fraction of sp³-hybridized carbons (Fsp3) is 0.474. The van der Waals surface area contributed by atoms with Crippen molar-refractivity contribution < 1.29 is 4.79 Å². The van der Waals surface area contributed by atoms with Gasteiger partial charge in [-0.2, -0.15) is 5.10 Å². The summed E-state index contributed by atoms with van der Waals surface area (Å²) in [6.45, 7) is 2.54. The van der Waals surface area contributed by atoms with Gasteiger partial charge in [-0.15, -0.1) is 0 Å². The number of nitrogens with one attached hydrogen (secondary N) is 1. The summed E-state index contributed by atoms with van der Waals surface area (Å²) >= 11 is 0. The van der Waals surface area contributed by atoms with Crippen LogP contribution in [0.15, 0.2) is 42.7 Å². The number of rotatable bonds is 2. The molecule has 24 heavy (non-hydrogen) atoms. The number of hydrogen-bond donors (Lipinski definition) is 1. The molecule has 5 rings (SSSR count). The molecular weight excluding hydrogens is 300 g/mol. The second-order valence-electron chi connectivity index (χ2n) is 7.42. The van der Waals surface area contributed by atoms with Gasteiger partial charge in [0, 0.05) is 30.0 Å². The van der Waals surface area contributed by atoms with Crippen LogP contribution in [0.3, 0.4) is 0 Å². The Hall–Kier alpha value is -2.14. The lowest BCUT2D eigenvalue weighted by molar-refractivity contribution is -0.129. The number of carbonyl (C=O) groups excluding carboxylic acids is 1. The number of nitrogens with zero attached hydrogens (tertiary/aromatic N) is 3. The number of carbonyl (C=O) groups is 1. The molecule has 1 aliphatic carbocycles. The summed E-state index contributed by atoms with van der Waals surface area (Å²) in [5.74, 6) is 0.212. The van der Waals surface area contributed by atoms with Gasteiger partial charge in [0.25, 0.3) is 5.91 Å². The van der Waals surface area contributed by atoms with E-state index in [2.05, 4.69) is 33.5 Å². The van der Waals surface area contributed by atoms with Crippen molar-refractivity contribution in [2.75, 3.05) is 24.5 Å². The molecule has 0 unspecified atom stereocenters. The lowest BCUT2D eigenvalue weighted by Gasteiger charge is -2.39. The molecule has 3 aliphatic rings. The van der Waals surface area contributed by atoms with E-state index < -0.39 is 5.54 Å². The number of amides is 1. The van der Waals surface area contributed by atoms with E-state index >= 15 is 0 Å². The average molecular weight is 322 g/mol. The summed E-state index contributed by atoms with van der Waals surface area (Å²) in [6, 6.07) is 10.4. The predicted octanol–water partition coefficient (Wildman–Crippen LogP) is 2.04. The van der Waals surface area contributed by atoms with E-state index in [0.29, 0.717) is 0 Å². The van der Waals surface area contributed by atoms with Crippen LogP contribution >= 0.6 is 0 Å². The maximum atomic E-state index is 13.7. The Labute approximate surface area is 141 Å². The van der Waals surface area contributed by atoms with Crippen molar-refractivity contribution in [1.29, 1.82) is 0 Å². The molecule has 0 atom stereocenters. The summed E-state index contributed by atoms with van der Waals surface area (Å²) in [4.78, 5) is 15.8. The summed E-state index contributed by atoms with van der Waals surface area (Å²) < 4.78 is 1.90. The quantitative estimate of drug-likeness (QED) is 0.920. The van der Waals surface area contributed by atoms with Crippen LogP contribution in [0, 0.1) is 0 Å². The van der Waals surface area contributed by atoms with Crippen molar-refractivity contribution in [3.8, 4) is 0 Å². The maximum Gasteiger partial charge on any atom is 0.255 e. The van der Waals surface area contributed by atoms with Crippen molar-refractivity contribution in [2.24, 2.45) is 0 Å². The van der Waals surface area contributed by atoms with E-state index in [1.165, 1.54) is 18.4 Å². The standard InChI is InChI=1S/C19H22N4O/c24-17(19(8-11-20-12-9-19)23-13-3-10-21-23)22-14-18(6-7-18)15-4-1-2-5-16(15)22/h1-5,10,13,20H,6-9,11-12,14H2. The first kappa shape index (κ1) is 14.2. The van der Waals surface area contributed by atoms with Gasteiger partial charge >= 0.3 is 0 Å². The van der Waals surface area contributed by atoms with Crippen LogP contribution in [0.1, 0.15) is 31.2 Å². The molecule has 1 N–H and O–H groups in total. The highest BCUT2D eigenvalue weighted by Gasteiger charge is 2.55. The molecule has 1 saturated carbocycles.